The third-order valence-corrected chi connectivity index (χ3v) is 5.39. The van der Waals surface area contributed by atoms with Crippen LogP contribution in [0.4, 0.5) is 10.2 Å². The first-order chi connectivity index (χ1) is 12.5. The van der Waals surface area contributed by atoms with Gasteiger partial charge < -0.3 is 5.32 Å². The van der Waals surface area contributed by atoms with Crippen LogP contribution in [-0.2, 0) is 11.5 Å². The molecule has 3 aromatic rings. The first kappa shape index (κ1) is 17.4. The number of halogens is 3. The van der Waals surface area contributed by atoms with Crippen LogP contribution in [-0.4, -0.2) is 15.7 Å². The number of carbonyl (C=O) groups excluding carboxylic acids is 1. The Balaban J connectivity index is 1.73. The quantitative estimate of drug-likeness (QED) is 0.638. The second kappa shape index (κ2) is 6.95. The lowest BCUT2D eigenvalue weighted by molar-refractivity contribution is 0.102. The Kier molecular flexibility index (Phi) is 4.65. The summed E-state index contributed by atoms with van der Waals surface area (Å²) >= 11 is 13.7. The zero-order chi connectivity index (χ0) is 18.3. The number of anilines is 1. The Morgan fingerprint density at radius 2 is 1.81 bits per heavy atom. The van der Waals surface area contributed by atoms with Gasteiger partial charge in [0.15, 0.2) is 0 Å². The van der Waals surface area contributed by atoms with E-state index in [0.717, 1.165) is 22.8 Å². The molecule has 0 fully saturated rings. The van der Waals surface area contributed by atoms with Crippen molar-refractivity contribution < 1.29 is 9.18 Å². The van der Waals surface area contributed by atoms with Gasteiger partial charge in [-0.3, -0.25) is 4.79 Å². The second-order valence-electron chi connectivity index (χ2n) is 5.77. The smallest absolute Gasteiger partial charge is 0.256 e. The molecule has 0 atom stereocenters. The molecule has 132 valence electrons. The molecule has 0 bridgehead atoms. The number of hydrogen-bond donors (Lipinski definition) is 1. The van der Waals surface area contributed by atoms with E-state index in [1.54, 1.807) is 46.8 Å². The number of fused-ring (bicyclic) bond motifs is 1. The SMILES string of the molecule is O=C(Nc1c2c(nn1-c1ccc(F)cc1)CSC2)c1cc(Cl)cc(Cl)c1. The van der Waals surface area contributed by atoms with Gasteiger partial charge >= 0.3 is 0 Å². The van der Waals surface area contributed by atoms with Crippen LogP contribution >= 0.6 is 35.0 Å². The summed E-state index contributed by atoms with van der Waals surface area (Å²) in [4.78, 5) is 12.7. The van der Waals surface area contributed by atoms with Gasteiger partial charge in [0, 0.05) is 32.7 Å². The van der Waals surface area contributed by atoms with E-state index >= 15 is 0 Å². The van der Waals surface area contributed by atoms with Crippen LogP contribution in [0.5, 0.6) is 0 Å². The largest absolute Gasteiger partial charge is 0.306 e. The minimum Gasteiger partial charge on any atom is -0.306 e. The summed E-state index contributed by atoms with van der Waals surface area (Å²) in [5.41, 5.74) is 2.92. The highest BCUT2D eigenvalue weighted by molar-refractivity contribution is 7.98. The van der Waals surface area contributed by atoms with E-state index in [-0.39, 0.29) is 11.7 Å². The Labute approximate surface area is 163 Å². The molecule has 26 heavy (non-hydrogen) atoms. The van der Waals surface area contributed by atoms with Gasteiger partial charge in [0.1, 0.15) is 11.6 Å². The molecule has 1 N–H and O–H groups in total. The number of hydrogen-bond acceptors (Lipinski definition) is 3. The van der Waals surface area contributed by atoms with Gasteiger partial charge in [-0.1, -0.05) is 23.2 Å². The van der Waals surface area contributed by atoms with Crippen molar-refractivity contribution in [2.24, 2.45) is 0 Å². The lowest BCUT2D eigenvalue weighted by Gasteiger charge is -2.11. The molecule has 0 spiro atoms. The summed E-state index contributed by atoms with van der Waals surface area (Å²) in [5.74, 6) is 1.44. The molecule has 2 aromatic carbocycles. The highest BCUT2D eigenvalue weighted by Gasteiger charge is 2.25. The third-order valence-electron chi connectivity index (χ3n) is 3.98. The van der Waals surface area contributed by atoms with Crippen molar-refractivity contribution in [2.45, 2.75) is 11.5 Å². The van der Waals surface area contributed by atoms with E-state index in [0.29, 0.717) is 27.1 Å². The van der Waals surface area contributed by atoms with Crippen LogP contribution < -0.4 is 5.32 Å². The van der Waals surface area contributed by atoms with Crippen LogP contribution in [0.1, 0.15) is 21.6 Å². The summed E-state index contributed by atoms with van der Waals surface area (Å²) in [6.45, 7) is 0. The molecule has 0 saturated carbocycles. The van der Waals surface area contributed by atoms with E-state index in [4.69, 9.17) is 23.2 Å². The third kappa shape index (κ3) is 3.32. The maximum absolute atomic E-state index is 13.2. The standard InChI is InChI=1S/C18H12Cl2FN3OS/c19-11-5-10(6-12(20)7-11)18(25)22-17-15-8-26-9-16(15)23-24(17)14-3-1-13(21)2-4-14/h1-7H,8-9H2,(H,22,25). The average molecular weight is 408 g/mol. The van der Waals surface area contributed by atoms with Crippen molar-refractivity contribution in [3.05, 3.63) is 75.1 Å². The van der Waals surface area contributed by atoms with Crippen molar-refractivity contribution in [3.8, 4) is 5.69 Å². The molecule has 1 aliphatic rings. The fourth-order valence-corrected chi connectivity index (χ4v) is 4.34. The fraction of sp³-hybridized carbons (Fsp3) is 0.111. The Morgan fingerprint density at radius 3 is 2.50 bits per heavy atom. The number of nitrogens with zero attached hydrogens (tertiary/aromatic N) is 2. The fourth-order valence-electron chi connectivity index (χ4n) is 2.78. The Morgan fingerprint density at radius 1 is 1.12 bits per heavy atom. The maximum atomic E-state index is 13.2. The Hall–Kier alpha value is -2.02. The first-order valence-electron chi connectivity index (χ1n) is 7.73. The highest BCUT2D eigenvalue weighted by Crippen LogP contribution is 2.36. The van der Waals surface area contributed by atoms with Gasteiger partial charge in [-0.2, -0.15) is 16.9 Å². The number of carbonyl (C=O) groups is 1. The summed E-state index contributed by atoms with van der Waals surface area (Å²) < 4.78 is 14.9. The molecule has 0 radical (unpaired) electrons. The number of amides is 1. The monoisotopic (exact) mass is 407 g/mol. The molecule has 0 unspecified atom stereocenters. The van der Waals surface area contributed by atoms with Crippen molar-refractivity contribution in [1.82, 2.24) is 9.78 Å². The van der Waals surface area contributed by atoms with Gasteiger partial charge in [-0.05, 0) is 42.5 Å². The first-order valence-corrected chi connectivity index (χ1v) is 9.64. The van der Waals surface area contributed by atoms with Crippen molar-refractivity contribution in [2.75, 3.05) is 5.32 Å². The predicted octanol–water partition coefficient (Wildman–Crippen LogP) is 5.32. The molecule has 1 aliphatic heterocycles. The molecular formula is C18H12Cl2FN3OS. The topological polar surface area (TPSA) is 46.9 Å². The van der Waals surface area contributed by atoms with Crippen molar-refractivity contribution >= 4 is 46.7 Å². The molecule has 1 amide bonds. The summed E-state index contributed by atoms with van der Waals surface area (Å²) in [6, 6.07) is 10.6. The minimum absolute atomic E-state index is 0.330. The molecule has 4 rings (SSSR count). The molecule has 2 heterocycles. The maximum Gasteiger partial charge on any atom is 0.256 e. The lowest BCUT2D eigenvalue weighted by atomic mass is 10.2. The number of benzene rings is 2. The summed E-state index contributed by atoms with van der Waals surface area (Å²) in [5, 5.41) is 8.26. The van der Waals surface area contributed by atoms with Gasteiger partial charge in [0.05, 0.1) is 11.4 Å². The zero-order valence-electron chi connectivity index (χ0n) is 13.3. The van der Waals surface area contributed by atoms with Crippen molar-refractivity contribution in [1.29, 1.82) is 0 Å². The highest BCUT2D eigenvalue weighted by atomic mass is 35.5. The van der Waals surface area contributed by atoms with Gasteiger partial charge in [0.25, 0.3) is 5.91 Å². The van der Waals surface area contributed by atoms with Gasteiger partial charge in [0.2, 0.25) is 0 Å². The van der Waals surface area contributed by atoms with Gasteiger partial charge in [-0.25, -0.2) is 9.07 Å². The van der Waals surface area contributed by atoms with Crippen molar-refractivity contribution in [3.63, 3.8) is 0 Å². The number of rotatable bonds is 3. The summed E-state index contributed by atoms with van der Waals surface area (Å²) in [7, 11) is 0. The van der Waals surface area contributed by atoms with E-state index in [2.05, 4.69) is 10.4 Å². The molecule has 8 heteroatoms. The molecule has 1 aromatic heterocycles. The molecule has 4 nitrogen and oxygen atoms in total. The molecule has 0 saturated heterocycles. The normalized spacial score (nSPS) is 12.9. The van der Waals surface area contributed by atoms with Crippen LogP contribution in [0.25, 0.3) is 5.69 Å². The van der Waals surface area contributed by atoms with Crippen LogP contribution in [0.15, 0.2) is 42.5 Å². The number of aromatic nitrogens is 2. The predicted molar refractivity (Wildman–Crippen MR) is 103 cm³/mol. The number of nitrogens with one attached hydrogen (secondary N) is 1. The van der Waals surface area contributed by atoms with E-state index in [1.165, 1.54) is 12.1 Å². The van der Waals surface area contributed by atoms with E-state index < -0.39 is 0 Å². The van der Waals surface area contributed by atoms with Crippen LogP contribution in [0, 0.1) is 5.82 Å². The van der Waals surface area contributed by atoms with E-state index in [1.807, 2.05) is 0 Å². The zero-order valence-corrected chi connectivity index (χ0v) is 15.6. The lowest BCUT2D eigenvalue weighted by Crippen LogP contribution is -2.16. The van der Waals surface area contributed by atoms with Gasteiger partial charge in [-0.15, -0.1) is 0 Å². The van der Waals surface area contributed by atoms with Crippen LogP contribution in [0.2, 0.25) is 10.0 Å². The molecule has 0 aliphatic carbocycles. The van der Waals surface area contributed by atoms with Crippen LogP contribution in [0.3, 0.4) is 0 Å². The Bertz CT molecular complexity index is 984. The molecular weight excluding hydrogens is 396 g/mol. The number of thioether (sulfide) groups is 1. The average Bonchev–Trinajstić information content (AvgIpc) is 3.17. The minimum atomic E-state index is -0.336. The summed E-state index contributed by atoms with van der Waals surface area (Å²) in [6.07, 6.45) is 0. The van der Waals surface area contributed by atoms with E-state index in [9.17, 15) is 9.18 Å². The second-order valence-corrected chi connectivity index (χ2v) is 7.63.